The number of nitrogens with one attached hydrogen (secondary N) is 2. The summed E-state index contributed by atoms with van der Waals surface area (Å²) in [5.41, 5.74) is 0. The van der Waals surface area contributed by atoms with Gasteiger partial charge >= 0.3 is 0 Å². The van der Waals surface area contributed by atoms with E-state index in [1.54, 1.807) is 0 Å². The smallest absolute Gasteiger partial charge is 0.225 e. The lowest BCUT2D eigenvalue weighted by Crippen LogP contribution is -2.35. The van der Waals surface area contributed by atoms with Crippen molar-refractivity contribution in [1.82, 2.24) is 10.6 Å². The molecule has 0 aromatic carbocycles. The quantitative estimate of drug-likeness (QED) is 0.595. The fourth-order valence-electron chi connectivity index (χ4n) is 1.45. The normalized spacial score (nSPS) is 27.5. The van der Waals surface area contributed by atoms with E-state index in [0.29, 0.717) is 13.2 Å². The van der Waals surface area contributed by atoms with E-state index in [2.05, 4.69) is 10.6 Å². The van der Waals surface area contributed by atoms with Gasteiger partial charge < -0.3 is 15.4 Å². The van der Waals surface area contributed by atoms with Gasteiger partial charge in [0.1, 0.15) is 0 Å². The van der Waals surface area contributed by atoms with Crippen molar-refractivity contribution in [3.63, 3.8) is 0 Å². The first-order valence-electron chi connectivity index (χ1n) is 4.78. The molecule has 2 atom stereocenters. The second-order valence-corrected chi connectivity index (χ2v) is 3.47. The minimum atomic E-state index is 0.0619. The molecule has 0 radical (unpaired) electrons. The van der Waals surface area contributed by atoms with Crippen molar-refractivity contribution in [3.8, 4) is 0 Å². The number of ether oxygens (including phenoxy) is 1. The Kier molecular flexibility index (Phi) is 4.18. The Morgan fingerprint density at radius 1 is 1.54 bits per heavy atom. The average Bonchev–Trinajstić information content (AvgIpc) is 2.52. The molecule has 13 heavy (non-hydrogen) atoms. The Morgan fingerprint density at radius 2 is 2.31 bits per heavy atom. The van der Waals surface area contributed by atoms with E-state index < -0.39 is 0 Å². The zero-order valence-corrected chi connectivity index (χ0v) is 8.30. The van der Waals surface area contributed by atoms with Crippen LogP contribution in [-0.4, -0.2) is 38.8 Å². The van der Waals surface area contributed by atoms with Crippen molar-refractivity contribution < 1.29 is 9.53 Å². The number of hydrogen-bond acceptors (Lipinski definition) is 3. The maximum absolute atomic E-state index is 11.4. The number of carbonyl (C=O) groups is 1. The van der Waals surface area contributed by atoms with E-state index in [4.69, 9.17) is 4.74 Å². The van der Waals surface area contributed by atoms with Gasteiger partial charge in [-0.25, -0.2) is 0 Å². The molecule has 76 valence electrons. The van der Waals surface area contributed by atoms with Crippen LogP contribution in [0.15, 0.2) is 0 Å². The van der Waals surface area contributed by atoms with E-state index in [9.17, 15) is 4.79 Å². The van der Waals surface area contributed by atoms with Crippen LogP contribution in [0, 0.1) is 5.92 Å². The zero-order chi connectivity index (χ0) is 9.68. The molecular formula is C9H18N2O2. The van der Waals surface area contributed by atoms with Crippen LogP contribution in [0.25, 0.3) is 0 Å². The third-order valence-electron chi connectivity index (χ3n) is 2.24. The maximum atomic E-state index is 11.4. The number of rotatable bonds is 4. The first kappa shape index (κ1) is 10.5. The summed E-state index contributed by atoms with van der Waals surface area (Å²) in [5.74, 6) is 0.187. The Hall–Kier alpha value is -0.610. The first-order chi connectivity index (χ1) is 6.24. The van der Waals surface area contributed by atoms with E-state index in [1.807, 2.05) is 14.0 Å². The van der Waals surface area contributed by atoms with Gasteiger partial charge in [-0.1, -0.05) is 0 Å². The molecule has 1 fully saturated rings. The fourth-order valence-corrected chi connectivity index (χ4v) is 1.45. The van der Waals surface area contributed by atoms with Gasteiger partial charge in [-0.3, -0.25) is 4.79 Å². The Morgan fingerprint density at radius 3 is 2.85 bits per heavy atom. The van der Waals surface area contributed by atoms with Gasteiger partial charge in [-0.2, -0.15) is 0 Å². The molecule has 2 N–H and O–H groups in total. The highest BCUT2D eigenvalue weighted by Crippen LogP contribution is 2.18. The van der Waals surface area contributed by atoms with Crippen molar-refractivity contribution in [3.05, 3.63) is 0 Å². The molecule has 0 spiro atoms. The highest BCUT2D eigenvalue weighted by atomic mass is 16.5. The van der Waals surface area contributed by atoms with E-state index in [0.717, 1.165) is 13.0 Å². The fraction of sp³-hybridized carbons (Fsp3) is 0.889. The summed E-state index contributed by atoms with van der Waals surface area (Å²) in [5, 5.41) is 5.84. The summed E-state index contributed by atoms with van der Waals surface area (Å²) in [6.45, 7) is 4.09. The molecule has 0 aromatic heterocycles. The van der Waals surface area contributed by atoms with Gasteiger partial charge in [0.2, 0.25) is 5.91 Å². The molecule has 1 aliphatic heterocycles. The van der Waals surface area contributed by atoms with Gasteiger partial charge in [0.25, 0.3) is 0 Å². The van der Waals surface area contributed by atoms with E-state index in [-0.39, 0.29) is 17.9 Å². The molecule has 1 aliphatic rings. The average molecular weight is 186 g/mol. The molecule has 2 unspecified atom stereocenters. The van der Waals surface area contributed by atoms with E-state index >= 15 is 0 Å². The highest BCUT2D eigenvalue weighted by Gasteiger charge is 2.27. The van der Waals surface area contributed by atoms with Crippen molar-refractivity contribution in [2.45, 2.75) is 19.4 Å². The molecular weight excluding hydrogens is 168 g/mol. The molecule has 1 rings (SSSR count). The third-order valence-corrected chi connectivity index (χ3v) is 2.24. The molecule has 0 bridgehead atoms. The first-order valence-corrected chi connectivity index (χ1v) is 4.78. The lowest BCUT2D eigenvalue weighted by molar-refractivity contribution is -0.124. The van der Waals surface area contributed by atoms with Gasteiger partial charge in [0, 0.05) is 13.1 Å². The van der Waals surface area contributed by atoms with Crippen molar-refractivity contribution in [2.24, 2.45) is 5.92 Å². The summed E-state index contributed by atoms with van der Waals surface area (Å²) >= 11 is 0. The van der Waals surface area contributed by atoms with Gasteiger partial charge in [-0.05, 0) is 20.4 Å². The van der Waals surface area contributed by atoms with Crippen LogP contribution in [0.5, 0.6) is 0 Å². The predicted molar refractivity (Wildman–Crippen MR) is 50.5 cm³/mol. The van der Waals surface area contributed by atoms with Crippen molar-refractivity contribution >= 4 is 5.91 Å². The molecule has 4 heteroatoms. The van der Waals surface area contributed by atoms with Crippen LogP contribution in [0.3, 0.4) is 0 Å². The van der Waals surface area contributed by atoms with Crippen LogP contribution < -0.4 is 10.6 Å². The topological polar surface area (TPSA) is 50.4 Å². The molecule has 4 nitrogen and oxygen atoms in total. The zero-order valence-electron chi connectivity index (χ0n) is 8.30. The Labute approximate surface area is 79.0 Å². The SMILES string of the molecule is CNCCNC(=O)C1COC(C)C1. The number of amides is 1. The summed E-state index contributed by atoms with van der Waals surface area (Å²) in [7, 11) is 1.87. The van der Waals surface area contributed by atoms with Crippen LogP contribution in [0.1, 0.15) is 13.3 Å². The van der Waals surface area contributed by atoms with Crippen LogP contribution >= 0.6 is 0 Å². The van der Waals surface area contributed by atoms with Gasteiger partial charge in [0.05, 0.1) is 18.6 Å². The Balaban J connectivity index is 2.16. The lowest BCUT2D eigenvalue weighted by atomic mass is 10.1. The second kappa shape index (κ2) is 5.19. The molecule has 1 saturated heterocycles. The molecule has 1 amide bonds. The largest absolute Gasteiger partial charge is 0.378 e. The summed E-state index contributed by atoms with van der Waals surface area (Å²) in [4.78, 5) is 11.4. The number of hydrogen-bond donors (Lipinski definition) is 2. The van der Waals surface area contributed by atoms with Gasteiger partial charge in [-0.15, -0.1) is 0 Å². The molecule has 0 aliphatic carbocycles. The van der Waals surface area contributed by atoms with Gasteiger partial charge in [0.15, 0.2) is 0 Å². The minimum absolute atomic E-state index is 0.0619. The van der Waals surface area contributed by atoms with Crippen LogP contribution in [0.2, 0.25) is 0 Å². The minimum Gasteiger partial charge on any atom is -0.378 e. The van der Waals surface area contributed by atoms with Crippen molar-refractivity contribution in [2.75, 3.05) is 26.7 Å². The van der Waals surface area contributed by atoms with E-state index in [1.165, 1.54) is 0 Å². The summed E-state index contributed by atoms with van der Waals surface area (Å²) in [6.07, 6.45) is 1.09. The van der Waals surface area contributed by atoms with Crippen molar-refractivity contribution in [1.29, 1.82) is 0 Å². The second-order valence-electron chi connectivity index (χ2n) is 3.47. The van der Waals surface area contributed by atoms with Crippen LogP contribution in [-0.2, 0) is 9.53 Å². The molecule has 0 aromatic rings. The lowest BCUT2D eigenvalue weighted by Gasteiger charge is -2.08. The number of carbonyl (C=O) groups excluding carboxylic acids is 1. The molecule has 0 saturated carbocycles. The standard InChI is InChI=1S/C9H18N2O2/c1-7-5-8(6-13-7)9(12)11-4-3-10-2/h7-8,10H,3-6H2,1-2H3,(H,11,12). The van der Waals surface area contributed by atoms with Crippen LogP contribution in [0.4, 0.5) is 0 Å². The Bertz CT molecular complexity index is 173. The third kappa shape index (κ3) is 3.32. The summed E-state index contributed by atoms with van der Waals surface area (Å²) < 4.78 is 5.32. The number of likely N-dealkylation sites (N-methyl/N-ethyl adjacent to an activating group) is 1. The highest BCUT2D eigenvalue weighted by molar-refractivity contribution is 5.79. The monoisotopic (exact) mass is 186 g/mol. The molecule has 1 heterocycles. The summed E-state index contributed by atoms with van der Waals surface area (Å²) in [6, 6.07) is 0. The maximum Gasteiger partial charge on any atom is 0.225 e. The predicted octanol–water partition coefficient (Wildman–Crippen LogP) is -0.253.